The topological polar surface area (TPSA) is 3.24 Å². The summed E-state index contributed by atoms with van der Waals surface area (Å²) in [6, 6.07) is 4.04. The molecule has 4 heteroatoms. The summed E-state index contributed by atoms with van der Waals surface area (Å²) < 4.78 is 38.0. The number of benzene rings is 1. The Bertz CT molecular complexity index is 429. The van der Waals surface area contributed by atoms with Crippen molar-refractivity contribution in [1.29, 1.82) is 0 Å². The van der Waals surface area contributed by atoms with E-state index < -0.39 is 11.7 Å². The van der Waals surface area contributed by atoms with Crippen molar-refractivity contribution in [3.8, 4) is 0 Å². The molecule has 0 amide bonds. The molecule has 0 aliphatic carbocycles. The van der Waals surface area contributed by atoms with Crippen LogP contribution < -0.4 is 4.90 Å². The molecule has 1 nitrogen and oxygen atoms in total. The van der Waals surface area contributed by atoms with Crippen LogP contribution >= 0.6 is 0 Å². The Hall–Kier alpha value is -1.19. The molecule has 17 heavy (non-hydrogen) atoms. The molecular weight excluding hydrogens is 227 g/mol. The third-order valence-electron chi connectivity index (χ3n) is 3.12. The van der Waals surface area contributed by atoms with Crippen LogP contribution in [0.1, 0.15) is 31.9 Å². The van der Waals surface area contributed by atoms with E-state index in [2.05, 4.69) is 0 Å². The predicted molar refractivity (Wildman–Crippen MR) is 62.2 cm³/mol. The molecule has 0 N–H and O–H groups in total. The molecule has 0 saturated carbocycles. The van der Waals surface area contributed by atoms with Gasteiger partial charge in [0.15, 0.2) is 0 Å². The van der Waals surface area contributed by atoms with Crippen LogP contribution in [0.2, 0.25) is 0 Å². The van der Waals surface area contributed by atoms with Gasteiger partial charge in [-0.15, -0.1) is 0 Å². The zero-order valence-electron chi connectivity index (χ0n) is 10.2. The standard InChI is InChI=1S/C13H16F3N/c1-12(2,3)17-7-6-9-4-5-10(8-11(9)17)13(14,15)16/h4-5,8H,6-7H2,1-3H3. The zero-order valence-corrected chi connectivity index (χ0v) is 10.2. The van der Waals surface area contributed by atoms with Crippen molar-refractivity contribution in [3.05, 3.63) is 29.3 Å². The Morgan fingerprint density at radius 2 is 1.76 bits per heavy atom. The van der Waals surface area contributed by atoms with Crippen LogP contribution in [-0.4, -0.2) is 12.1 Å². The first-order valence-electron chi connectivity index (χ1n) is 5.67. The van der Waals surface area contributed by atoms with Gasteiger partial charge in [0.05, 0.1) is 5.56 Å². The Balaban J connectivity index is 2.45. The summed E-state index contributed by atoms with van der Waals surface area (Å²) in [6.07, 6.45) is -3.44. The summed E-state index contributed by atoms with van der Waals surface area (Å²) in [5.74, 6) is 0. The van der Waals surface area contributed by atoms with Crippen molar-refractivity contribution in [1.82, 2.24) is 0 Å². The van der Waals surface area contributed by atoms with Gasteiger partial charge in [-0.2, -0.15) is 13.2 Å². The van der Waals surface area contributed by atoms with E-state index in [0.717, 1.165) is 24.2 Å². The molecule has 1 aliphatic rings. The molecule has 0 bridgehead atoms. The SMILES string of the molecule is CC(C)(C)N1CCc2ccc(C(F)(F)F)cc21. The third kappa shape index (κ3) is 2.26. The highest BCUT2D eigenvalue weighted by Crippen LogP contribution is 2.38. The fourth-order valence-corrected chi connectivity index (χ4v) is 2.25. The highest BCUT2D eigenvalue weighted by atomic mass is 19.4. The lowest BCUT2D eigenvalue weighted by Gasteiger charge is -2.34. The van der Waals surface area contributed by atoms with Crippen LogP contribution in [-0.2, 0) is 12.6 Å². The molecule has 0 radical (unpaired) electrons. The number of nitrogens with zero attached hydrogens (tertiary/aromatic N) is 1. The van der Waals surface area contributed by atoms with Crippen molar-refractivity contribution < 1.29 is 13.2 Å². The first kappa shape index (κ1) is 12.3. The van der Waals surface area contributed by atoms with E-state index in [1.807, 2.05) is 25.7 Å². The lowest BCUT2D eigenvalue weighted by atomic mass is 10.0. The summed E-state index contributed by atoms with van der Waals surface area (Å²) in [5, 5.41) is 0. The molecule has 1 aliphatic heterocycles. The molecule has 0 aromatic heterocycles. The van der Waals surface area contributed by atoms with Gasteiger partial charge in [0.1, 0.15) is 0 Å². The number of hydrogen-bond acceptors (Lipinski definition) is 1. The Labute approximate surface area is 99.2 Å². The average molecular weight is 243 g/mol. The van der Waals surface area contributed by atoms with Crippen LogP contribution in [0.4, 0.5) is 18.9 Å². The number of hydrogen-bond donors (Lipinski definition) is 0. The first-order chi connectivity index (χ1) is 7.69. The monoisotopic (exact) mass is 243 g/mol. The minimum Gasteiger partial charge on any atom is -0.366 e. The molecule has 0 saturated heterocycles. The molecule has 1 aromatic carbocycles. The second-order valence-corrected chi connectivity index (χ2v) is 5.41. The van der Waals surface area contributed by atoms with Gasteiger partial charge in [-0.1, -0.05) is 6.07 Å². The van der Waals surface area contributed by atoms with Gasteiger partial charge in [-0.25, -0.2) is 0 Å². The van der Waals surface area contributed by atoms with Crippen LogP contribution in [0.15, 0.2) is 18.2 Å². The quantitative estimate of drug-likeness (QED) is 0.668. The summed E-state index contributed by atoms with van der Waals surface area (Å²) in [5.41, 5.74) is 1.03. The molecule has 0 unspecified atom stereocenters. The van der Waals surface area contributed by atoms with Crippen LogP contribution in [0.3, 0.4) is 0 Å². The molecule has 0 atom stereocenters. The van der Waals surface area contributed by atoms with E-state index in [9.17, 15) is 13.2 Å². The predicted octanol–water partition coefficient (Wildman–Crippen LogP) is 3.87. The van der Waals surface area contributed by atoms with Crippen molar-refractivity contribution >= 4 is 5.69 Å². The fourth-order valence-electron chi connectivity index (χ4n) is 2.25. The maximum atomic E-state index is 12.7. The van der Waals surface area contributed by atoms with E-state index in [1.54, 1.807) is 6.07 Å². The van der Waals surface area contributed by atoms with Gasteiger partial charge in [-0.05, 0) is 44.9 Å². The fraction of sp³-hybridized carbons (Fsp3) is 0.538. The van der Waals surface area contributed by atoms with Gasteiger partial charge >= 0.3 is 6.18 Å². The molecule has 1 heterocycles. The van der Waals surface area contributed by atoms with E-state index in [1.165, 1.54) is 12.1 Å². The summed E-state index contributed by atoms with van der Waals surface area (Å²) in [4.78, 5) is 2.04. The second kappa shape index (κ2) is 3.65. The number of fused-ring (bicyclic) bond motifs is 1. The maximum absolute atomic E-state index is 12.7. The normalized spacial score (nSPS) is 16.2. The van der Waals surface area contributed by atoms with Gasteiger partial charge < -0.3 is 4.90 Å². The number of halogens is 3. The van der Waals surface area contributed by atoms with Crippen LogP contribution in [0, 0.1) is 0 Å². The van der Waals surface area contributed by atoms with E-state index in [0.29, 0.717) is 0 Å². The molecule has 0 fully saturated rings. The molecule has 94 valence electrons. The number of rotatable bonds is 0. The van der Waals surface area contributed by atoms with Gasteiger partial charge in [0, 0.05) is 17.8 Å². The summed E-state index contributed by atoms with van der Waals surface area (Å²) in [6.45, 7) is 6.84. The van der Waals surface area contributed by atoms with Crippen LogP contribution in [0.5, 0.6) is 0 Å². The first-order valence-corrected chi connectivity index (χ1v) is 5.67. The molecule has 0 spiro atoms. The highest BCUT2D eigenvalue weighted by molar-refractivity contribution is 5.61. The van der Waals surface area contributed by atoms with E-state index >= 15 is 0 Å². The zero-order chi connectivity index (χ0) is 12.8. The lowest BCUT2D eigenvalue weighted by Crippen LogP contribution is -2.40. The van der Waals surface area contributed by atoms with Gasteiger partial charge in [0.25, 0.3) is 0 Å². The molecular formula is C13H16F3N. The summed E-state index contributed by atoms with van der Waals surface area (Å²) in [7, 11) is 0. The minimum absolute atomic E-state index is 0.143. The second-order valence-electron chi connectivity index (χ2n) is 5.41. The lowest BCUT2D eigenvalue weighted by molar-refractivity contribution is -0.137. The minimum atomic E-state index is -4.26. The summed E-state index contributed by atoms with van der Waals surface area (Å²) >= 11 is 0. The Morgan fingerprint density at radius 3 is 2.29 bits per heavy atom. The van der Waals surface area contributed by atoms with Crippen molar-refractivity contribution in [2.45, 2.75) is 38.9 Å². The molecule has 1 aromatic rings. The van der Waals surface area contributed by atoms with E-state index in [4.69, 9.17) is 0 Å². The van der Waals surface area contributed by atoms with Gasteiger partial charge in [-0.3, -0.25) is 0 Å². The number of alkyl halides is 3. The van der Waals surface area contributed by atoms with Crippen molar-refractivity contribution in [2.24, 2.45) is 0 Å². The largest absolute Gasteiger partial charge is 0.416 e. The van der Waals surface area contributed by atoms with Crippen molar-refractivity contribution in [3.63, 3.8) is 0 Å². The highest BCUT2D eigenvalue weighted by Gasteiger charge is 2.34. The average Bonchev–Trinajstić information content (AvgIpc) is 2.57. The van der Waals surface area contributed by atoms with Crippen molar-refractivity contribution in [2.75, 3.05) is 11.4 Å². The third-order valence-corrected chi connectivity index (χ3v) is 3.12. The van der Waals surface area contributed by atoms with Gasteiger partial charge in [0.2, 0.25) is 0 Å². The number of anilines is 1. The molecule has 2 rings (SSSR count). The van der Waals surface area contributed by atoms with Crippen LogP contribution in [0.25, 0.3) is 0 Å². The Morgan fingerprint density at radius 1 is 1.12 bits per heavy atom. The smallest absolute Gasteiger partial charge is 0.366 e. The maximum Gasteiger partial charge on any atom is 0.416 e. The van der Waals surface area contributed by atoms with E-state index in [-0.39, 0.29) is 5.54 Å². The Kier molecular flexibility index (Phi) is 2.64.